The number of hydrogen-bond donors (Lipinski definition) is 0. The van der Waals surface area contributed by atoms with E-state index < -0.39 is 0 Å². The molecule has 20 heavy (non-hydrogen) atoms. The van der Waals surface area contributed by atoms with Crippen LogP contribution in [0, 0.1) is 0 Å². The lowest BCUT2D eigenvalue weighted by Crippen LogP contribution is -2.05. The number of ether oxygens (including phenoxy) is 2. The van der Waals surface area contributed by atoms with E-state index in [-0.39, 0.29) is 5.78 Å². The van der Waals surface area contributed by atoms with Gasteiger partial charge >= 0.3 is 0 Å². The molecule has 0 spiro atoms. The molecule has 0 N–H and O–H groups in total. The van der Waals surface area contributed by atoms with Gasteiger partial charge in [-0.25, -0.2) is 0 Å². The Labute approximate surface area is 133 Å². The molecule has 6 heteroatoms. The largest absolute Gasteiger partial charge is 0.493 e. The Morgan fingerprint density at radius 1 is 1.05 bits per heavy atom. The number of aromatic nitrogens is 1. The number of pyridine rings is 1. The highest BCUT2D eigenvalue weighted by atomic mass is 79.9. The molecule has 4 nitrogen and oxygen atoms in total. The quantitative estimate of drug-likeness (QED) is 0.731. The highest BCUT2D eigenvalue weighted by Crippen LogP contribution is 2.34. The Bertz CT molecular complexity index is 659. The van der Waals surface area contributed by atoms with Crippen LogP contribution in [0.2, 0.25) is 0 Å². The summed E-state index contributed by atoms with van der Waals surface area (Å²) in [5, 5.41) is 0. The third kappa shape index (κ3) is 2.86. The summed E-state index contributed by atoms with van der Waals surface area (Å²) in [6.07, 6.45) is 3.14. The molecule has 1 aromatic heterocycles. The second kappa shape index (κ2) is 6.37. The minimum atomic E-state index is -0.155. The zero-order valence-corrected chi connectivity index (χ0v) is 14.0. The smallest absolute Gasteiger partial charge is 0.196 e. The van der Waals surface area contributed by atoms with Gasteiger partial charge in [0.2, 0.25) is 0 Å². The molecule has 0 atom stereocenters. The van der Waals surface area contributed by atoms with E-state index in [9.17, 15) is 4.79 Å². The van der Waals surface area contributed by atoms with E-state index in [1.54, 1.807) is 31.5 Å². The molecule has 0 aliphatic carbocycles. The summed E-state index contributed by atoms with van der Waals surface area (Å²) < 4.78 is 11.7. The van der Waals surface area contributed by atoms with Crippen LogP contribution >= 0.6 is 31.9 Å². The Morgan fingerprint density at radius 3 is 2.30 bits per heavy atom. The topological polar surface area (TPSA) is 48.4 Å². The minimum Gasteiger partial charge on any atom is -0.493 e. The molecule has 1 aromatic carbocycles. The molecule has 0 saturated carbocycles. The van der Waals surface area contributed by atoms with Crippen LogP contribution < -0.4 is 9.47 Å². The molecular weight excluding hydrogens is 390 g/mol. The highest BCUT2D eigenvalue weighted by Gasteiger charge is 2.19. The van der Waals surface area contributed by atoms with E-state index >= 15 is 0 Å². The molecule has 2 rings (SSSR count). The molecular formula is C14H11Br2NO3. The van der Waals surface area contributed by atoms with Crippen molar-refractivity contribution in [1.29, 1.82) is 0 Å². The van der Waals surface area contributed by atoms with Crippen molar-refractivity contribution in [3.05, 3.63) is 50.7 Å². The molecule has 0 aliphatic rings. The summed E-state index contributed by atoms with van der Waals surface area (Å²) >= 11 is 6.73. The van der Waals surface area contributed by atoms with Gasteiger partial charge in [-0.1, -0.05) is 0 Å². The number of ketones is 1. The normalized spacial score (nSPS) is 10.2. The summed E-state index contributed by atoms with van der Waals surface area (Å²) in [5.74, 6) is 0.901. The first kappa shape index (κ1) is 15.0. The van der Waals surface area contributed by atoms with Crippen molar-refractivity contribution in [3.63, 3.8) is 0 Å². The number of halogens is 2. The van der Waals surface area contributed by atoms with Gasteiger partial charge in [0.05, 0.1) is 19.8 Å². The third-order valence-electron chi connectivity index (χ3n) is 2.73. The molecule has 0 amide bonds. The van der Waals surface area contributed by atoms with E-state index in [2.05, 4.69) is 36.8 Å². The maximum absolute atomic E-state index is 12.6. The van der Waals surface area contributed by atoms with E-state index in [4.69, 9.17) is 9.47 Å². The van der Waals surface area contributed by atoms with Gasteiger partial charge in [0.1, 0.15) is 0 Å². The first-order valence-corrected chi connectivity index (χ1v) is 7.22. The van der Waals surface area contributed by atoms with Crippen LogP contribution in [0.3, 0.4) is 0 Å². The van der Waals surface area contributed by atoms with Crippen LogP contribution in [0.5, 0.6) is 11.5 Å². The van der Waals surface area contributed by atoms with Crippen molar-refractivity contribution in [2.75, 3.05) is 14.2 Å². The van der Waals surface area contributed by atoms with E-state index in [0.29, 0.717) is 31.6 Å². The molecule has 0 radical (unpaired) electrons. The summed E-state index contributed by atoms with van der Waals surface area (Å²) in [4.78, 5) is 16.5. The Kier molecular flexibility index (Phi) is 4.77. The number of methoxy groups -OCH3 is 2. The predicted octanol–water partition coefficient (Wildman–Crippen LogP) is 3.85. The predicted molar refractivity (Wildman–Crippen MR) is 82.6 cm³/mol. The van der Waals surface area contributed by atoms with E-state index in [1.165, 1.54) is 13.3 Å². The van der Waals surface area contributed by atoms with Gasteiger partial charge in [-0.3, -0.25) is 9.78 Å². The highest BCUT2D eigenvalue weighted by molar-refractivity contribution is 9.11. The lowest BCUT2D eigenvalue weighted by molar-refractivity contribution is 0.103. The lowest BCUT2D eigenvalue weighted by Gasteiger charge is -2.11. The fourth-order valence-electron chi connectivity index (χ4n) is 1.72. The maximum atomic E-state index is 12.6. The monoisotopic (exact) mass is 399 g/mol. The van der Waals surface area contributed by atoms with Crippen molar-refractivity contribution < 1.29 is 14.3 Å². The molecule has 0 fully saturated rings. The van der Waals surface area contributed by atoms with Crippen LogP contribution in [0.1, 0.15) is 15.9 Å². The van der Waals surface area contributed by atoms with Gasteiger partial charge in [0.15, 0.2) is 17.3 Å². The molecule has 1 heterocycles. The SMILES string of the molecule is COc1cc(Br)c(C(=O)c2cnccc2Br)cc1OC. The Balaban J connectivity index is 2.53. The second-order valence-electron chi connectivity index (χ2n) is 3.87. The van der Waals surface area contributed by atoms with Gasteiger partial charge in [0, 0.05) is 26.9 Å². The summed E-state index contributed by atoms with van der Waals surface area (Å²) in [5.41, 5.74) is 0.969. The van der Waals surface area contributed by atoms with Crippen LogP contribution in [0.4, 0.5) is 0 Å². The van der Waals surface area contributed by atoms with E-state index in [1.807, 2.05) is 0 Å². The number of carbonyl (C=O) groups excluding carboxylic acids is 1. The van der Waals surface area contributed by atoms with Gasteiger partial charge in [0.25, 0.3) is 0 Å². The summed E-state index contributed by atoms with van der Waals surface area (Å²) in [6, 6.07) is 5.07. The molecule has 2 aromatic rings. The van der Waals surface area contributed by atoms with E-state index in [0.717, 1.165) is 0 Å². The summed E-state index contributed by atoms with van der Waals surface area (Å²) in [7, 11) is 3.07. The number of carbonyl (C=O) groups is 1. The van der Waals surface area contributed by atoms with Crippen molar-refractivity contribution in [1.82, 2.24) is 4.98 Å². The minimum absolute atomic E-state index is 0.155. The molecule has 0 unspecified atom stereocenters. The zero-order chi connectivity index (χ0) is 14.7. The molecule has 0 bridgehead atoms. The fraction of sp³-hybridized carbons (Fsp3) is 0.143. The van der Waals surface area contributed by atoms with Crippen LogP contribution in [0.25, 0.3) is 0 Å². The van der Waals surface area contributed by atoms with Crippen molar-refractivity contribution in [2.24, 2.45) is 0 Å². The first-order valence-electron chi connectivity index (χ1n) is 5.64. The average molecular weight is 401 g/mol. The average Bonchev–Trinajstić information content (AvgIpc) is 2.46. The van der Waals surface area contributed by atoms with Gasteiger partial charge < -0.3 is 9.47 Å². The zero-order valence-electron chi connectivity index (χ0n) is 10.8. The Morgan fingerprint density at radius 2 is 1.70 bits per heavy atom. The standard InChI is InChI=1S/C14H11Br2NO3/c1-19-12-5-8(11(16)6-13(12)20-2)14(18)9-7-17-4-3-10(9)15/h3-7H,1-2H3. The number of nitrogens with zero attached hydrogens (tertiary/aromatic N) is 1. The fourth-order valence-corrected chi connectivity index (χ4v) is 2.62. The number of hydrogen-bond acceptors (Lipinski definition) is 4. The van der Waals surface area contributed by atoms with Crippen molar-refractivity contribution in [3.8, 4) is 11.5 Å². The van der Waals surface area contributed by atoms with Gasteiger partial charge in [-0.2, -0.15) is 0 Å². The van der Waals surface area contributed by atoms with Crippen LogP contribution in [-0.4, -0.2) is 25.0 Å². The van der Waals surface area contributed by atoms with Crippen molar-refractivity contribution >= 4 is 37.6 Å². The molecule has 104 valence electrons. The maximum Gasteiger partial charge on any atom is 0.196 e. The van der Waals surface area contributed by atoms with Crippen LogP contribution in [-0.2, 0) is 0 Å². The van der Waals surface area contributed by atoms with Gasteiger partial charge in [-0.05, 0) is 50.1 Å². The third-order valence-corrected chi connectivity index (χ3v) is 4.08. The Hall–Kier alpha value is -1.40. The summed E-state index contributed by atoms with van der Waals surface area (Å²) in [6.45, 7) is 0. The number of rotatable bonds is 4. The first-order chi connectivity index (χ1) is 9.58. The van der Waals surface area contributed by atoms with Crippen molar-refractivity contribution in [2.45, 2.75) is 0 Å². The van der Waals surface area contributed by atoms with Crippen LogP contribution in [0.15, 0.2) is 39.5 Å². The number of benzene rings is 1. The second-order valence-corrected chi connectivity index (χ2v) is 5.58. The molecule has 0 aliphatic heterocycles. The lowest BCUT2D eigenvalue weighted by atomic mass is 10.0. The molecule has 0 saturated heterocycles. The van der Waals surface area contributed by atoms with Gasteiger partial charge in [-0.15, -0.1) is 0 Å².